The fourth-order valence-electron chi connectivity index (χ4n) is 3.77. The highest BCUT2D eigenvalue weighted by atomic mass is 16.2. The fraction of sp³-hybridized carbons (Fsp3) is 0.409. The fourth-order valence-corrected chi connectivity index (χ4v) is 3.77. The van der Waals surface area contributed by atoms with Crippen LogP contribution < -0.4 is 5.32 Å². The Bertz CT molecular complexity index is 809. The van der Waals surface area contributed by atoms with Crippen molar-refractivity contribution in [2.75, 3.05) is 39.8 Å². The summed E-state index contributed by atoms with van der Waals surface area (Å²) in [4.78, 5) is 33.5. The Morgan fingerprint density at radius 1 is 1.21 bits per heavy atom. The van der Waals surface area contributed by atoms with Crippen molar-refractivity contribution < 1.29 is 9.59 Å². The van der Waals surface area contributed by atoms with Gasteiger partial charge in [-0.15, -0.1) is 0 Å². The van der Waals surface area contributed by atoms with Gasteiger partial charge in [0.05, 0.1) is 12.5 Å². The van der Waals surface area contributed by atoms with Crippen LogP contribution in [0.15, 0.2) is 48.8 Å². The molecule has 0 aliphatic carbocycles. The molecule has 1 unspecified atom stereocenters. The minimum absolute atomic E-state index is 0.0406. The lowest BCUT2D eigenvalue weighted by Gasteiger charge is -2.24. The molecule has 0 saturated carbocycles. The predicted octanol–water partition coefficient (Wildman–Crippen LogP) is 1.82. The lowest BCUT2D eigenvalue weighted by molar-refractivity contribution is -0.134. The summed E-state index contributed by atoms with van der Waals surface area (Å²) in [5.41, 5.74) is 3.23. The van der Waals surface area contributed by atoms with Gasteiger partial charge < -0.3 is 15.1 Å². The van der Waals surface area contributed by atoms with Gasteiger partial charge in [0.1, 0.15) is 0 Å². The Labute approximate surface area is 166 Å². The van der Waals surface area contributed by atoms with Gasteiger partial charge in [-0.1, -0.05) is 30.3 Å². The molecule has 6 heteroatoms. The van der Waals surface area contributed by atoms with Crippen LogP contribution in [-0.4, -0.2) is 66.4 Å². The van der Waals surface area contributed by atoms with Crippen molar-refractivity contribution in [3.8, 4) is 11.1 Å². The Hall–Kier alpha value is -2.73. The van der Waals surface area contributed by atoms with Gasteiger partial charge in [-0.3, -0.25) is 14.6 Å². The monoisotopic (exact) mass is 380 g/mol. The van der Waals surface area contributed by atoms with Gasteiger partial charge in [0, 0.05) is 44.1 Å². The number of nitrogens with zero attached hydrogens (tertiary/aromatic N) is 3. The zero-order chi connectivity index (χ0) is 19.9. The van der Waals surface area contributed by atoms with Gasteiger partial charge in [-0.25, -0.2) is 0 Å². The summed E-state index contributed by atoms with van der Waals surface area (Å²) >= 11 is 0. The van der Waals surface area contributed by atoms with Crippen LogP contribution in [-0.2, 0) is 16.0 Å². The number of likely N-dealkylation sites (N-methyl/N-ethyl adjacent to an activating group) is 2. The third-order valence-electron chi connectivity index (χ3n) is 5.26. The minimum atomic E-state index is -0.249. The normalized spacial score (nSPS) is 17.5. The SMILES string of the molecule is CCN1CCN(C(=O)CNC)CC(Cc2ccccc2-c2cccnc2)C1=O. The van der Waals surface area contributed by atoms with E-state index in [1.807, 2.05) is 47.2 Å². The second kappa shape index (κ2) is 9.46. The number of benzene rings is 1. The van der Waals surface area contributed by atoms with Crippen LogP contribution in [0.2, 0.25) is 0 Å². The summed E-state index contributed by atoms with van der Waals surface area (Å²) in [7, 11) is 1.76. The molecule has 0 bridgehead atoms. The maximum Gasteiger partial charge on any atom is 0.236 e. The molecule has 1 aromatic carbocycles. The van der Waals surface area contributed by atoms with E-state index in [9.17, 15) is 9.59 Å². The van der Waals surface area contributed by atoms with Crippen molar-refractivity contribution in [2.24, 2.45) is 5.92 Å². The van der Waals surface area contributed by atoms with Crippen molar-refractivity contribution in [1.29, 1.82) is 0 Å². The molecule has 1 aliphatic rings. The third-order valence-corrected chi connectivity index (χ3v) is 5.26. The first-order chi connectivity index (χ1) is 13.6. The van der Waals surface area contributed by atoms with Gasteiger partial charge in [-0.05, 0) is 37.6 Å². The molecule has 1 fully saturated rings. The molecule has 1 aliphatic heterocycles. The minimum Gasteiger partial charge on any atom is -0.341 e. The molecular weight excluding hydrogens is 352 g/mol. The molecule has 1 saturated heterocycles. The molecule has 2 aromatic rings. The van der Waals surface area contributed by atoms with E-state index in [0.29, 0.717) is 39.1 Å². The molecule has 0 spiro atoms. The van der Waals surface area contributed by atoms with Gasteiger partial charge >= 0.3 is 0 Å². The Morgan fingerprint density at radius 2 is 2.04 bits per heavy atom. The maximum atomic E-state index is 13.1. The molecule has 1 N–H and O–H groups in total. The van der Waals surface area contributed by atoms with Crippen molar-refractivity contribution in [1.82, 2.24) is 20.1 Å². The number of pyridine rings is 1. The summed E-state index contributed by atoms with van der Waals surface area (Å²) in [6.07, 6.45) is 4.20. The number of nitrogens with one attached hydrogen (secondary N) is 1. The van der Waals surface area contributed by atoms with E-state index in [-0.39, 0.29) is 17.7 Å². The van der Waals surface area contributed by atoms with Crippen molar-refractivity contribution in [3.63, 3.8) is 0 Å². The smallest absolute Gasteiger partial charge is 0.236 e. The zero-order valence-corrected chi connectivity index (χ0v) is 16.6. The molecule has 2 amide bonds. The second-order valence-corrected chi connectivity index (χ2v) is 7.09. The van der Waals surface area contributed by atoms with E-state index in [0.717, 1.165) is 16.7 Å². The number of amides is 2. The van der Waals surface area contributed by atoms with Gasteiger partial charge in [0.2, 0.25) is 11.8 Å². The van der Waals surface area contributed by atoms with E-state index in [1.54, 1.807) is 13.2 Å². The van der Waals surface area contributed by atoms with Crippen LogP contribution in [0.3, 0.4) is 0 Å². The Balaban J connectivity index is 1.88. The van der Waals surface area contributed by atoms with Crippen molar-refractivity contribution in [3.05, 3.63) is 54.4 Å². The van der Waals surface area contributed by atoms with E-state index in [4.69, 9.17) is 0 Å². The van der Waals surface area contributed by atoms with E-state index >= 15 is 0 Å². The number of hydrogen-bond acceptors (Lipinski definition) is 4. The summed E-state index contributed by atoms with van der Waals surface area (Å²) in [5.74, 6) is -0.0804. The van der Waals surface area contributed by atoms with Crippen molar-refractivity contribution in [2.45, 2.75) is 13.3 Å². The van der Waals surface area contributed by atoms with Crippen LogP contribution >= 0.6 is 0 Å². The first-order valence-electron chi connectivity index (χ1n) is 9.83. The molecule has 2 heterocycles. The maximum absolute atomic E-state index is 13.1. The number of rotatable bonds is 6. The average molecular weight is 380 g/mol. The topological polar surface area (TPSA) is 65.5 Å². The summed E-state index contributed by atoms with van der Waals surface area (Å²) in [5, 5.41) is 2.92. The number of aromatic nitrogens is 1. The van der Waals surface area contributed by atoms with E-state index in [2.05, 4.69) is 22.4 Å². The zero-order valence-electron chi connectivity index (χ0n) is 16.6. The molecule has 148 valence electrons. The van der Waals surface area contributed by atoms with Crippen LogP contribution in [0, 0.1) is 5.92 Å². The summed E-state index contributed by atoms with van der Waals surface area (Å²) in [6, 6.07) is 12.1. The van der Waals surface area contributed by atoms with Crippen molar-refractivity contribution >= 4 is 11.8 Å². The summed E-state index contributed by atoms with van der Waals surface area (Å²) < 4.78 is 0. The highest BCUT2D eigenvalue weighted by Gasteiger charge is 2.31. The standard InChI is InChI=1S/C22H28N4O2/c1-3-25-11-12-26(21(27)15-23-2)16-19(22(25)28)13-17-7-4-5-9-20(17)18-8-6-10-24-14-18/h4-10,14,19,23H,3,11-13,15-16H2,1-2H3. The summed E-state index contributed by atoms with van der Waals surface area (Å²) in [6.45, 7) is 4.57. The van der Waals surface area contributed by atoms with E-state index in [1.165, 1.54) is 0 Å². The van der Waals surface area contributed by atoms with E-state index < -0.39 is 0 Å². The van der Waals surface area contributed by atoms with Gasteiger partial charge in [0.15, 0.2) is 0 Å². The lowest BCUT2D eigenvalue weighted by atomic mass is 9.91. The van der Waals surface area contributed by atoms with Crippen LogP contribution in [0.25, 0.3) is 11.1 Å². The lowest BCUT2D eigenvalue weighted by Crippen LogP contribution is -2.41. The number of hydrogen-bond donors (Lipinski definition) is 1. The first-order valence-corrected chi connectivity index (χ1v) is 9.83. The Morgan fingerprint density at radius 3 is 2.75 bits per heavy atom. The van der Waals surface area contributed by atoms with Crippen LogP contribution in [0.5, 0.6) is 0 Å². The highest BCUT2D eigenvalue weighted by molar-refractivity contribution is 5.83. The van der Waals surface area contributed by atoms with Crippen LogP contribution in [0.1, 0.15) is 12.5 Å². The molecule has 1 aromatic heterocycles. The largest absolute Gasteiger partial charge is 0.341 e. The van der Waals surface area contributed by atoms with Gasteiger partial charge in [0.25, 0.3) is 0 Å². The average Bonchev–Trinajstić information content (AvgIpc) is 2.88. The third kappa shape index (κ3) is 4.57. The molecule has 3 rings (SSSR count). The molecule has 0 radical (unpaired) electrons. The van der Waals surface area contributed by atoms with Crippen LogP contribution in [0.4, 0.5) is 0 Å². The van der Waals surface area contributed by atoms with Gasteiger partial charge in [-0.2, -0.15) is 0 Å². The predicted molar refractivity (Wildman–Crippen MR) is 110 cm³/mol. The second-order valence-electron chi connectivity index (χ2n) is 7.09. The molecule has 1 atom stereocenters. The Kier molecular flexibility index (Phi) is 6.76. The first kappa shape index (κ1) is 20.0. The number of carbonyl (C=O) groups is 2. The quantitative estimate of drug-likeness (QED) is 0.830. The molecule has 28 heavy (non-hydrogen) atoms. The molecule has 6 nitrogen and oxygen atoms in total. The highest BCUT2D eigenvalue weighted by Crippen LogP contribution is 2.26. The number of carbonyl (C=O) groups excluding carboxylic acids is 2. The molecular formula is C22H28N4O2.